The molecule has 1 aliphatic heterocycles. The lowest BCUT2D eigenvalue weighted by Crippen LogP contribution is -2.53. The number of amides is 1. The van der Waals surface area contributed by atoms with Gasteiger partial charge in [-0.2, -0.15) is 0 Å². The third-order valence-electron chi connectivity index (χ3n) is 2.99. The van der Waals surface area contributed by atoms with E-state index in [2.05, 4.69) is 4.98 Å². The van der Waals surface area contributed by atoms with E-state index in [1.54, 1.807) is 12.4 Å². The van der Waals surface area contributed by atoms with E-state index >= 15 is 0 Å². The molecule has 0 saturated carbocycles. The van der Waals surface area contributed by atoms with Crippen LogP contribution in [0.3, 0.4) is 0 Å². The summed E-state index contributed by atoms with van der Waals surface area (Å²) in [6, 6.07) is 4.25. The Morgan fingerprint density at radius 2 is 2.11 bits per heavy atom. The Bertz CT molecular complexity index is 412. The molecule has 1 saturated heterocycles. The summed E-state index contributed by atoms with van der Waals surface area (Å²) >= 11 is 0. The zero-order valence-electron chi connectivity index (χ0n) is 11.2. The van der Waals surface area contributed by atoms with Crippen molar-refractivity contribution in [2.75, 3.05) is 6.54 Å². The molecule has 4 heteroatoms. The Hall–Kier alpha value is -1.58. The Kier molecular flexibility index (Phi) is 3.55. The lowest BCUT2D eigenvalue weighted by molar-refractivity contribution is -0.00498. The molecule has 0 bridgehead atoms. The van der Waals surface area contributed by atoms with Gasteiger partial charge in [-0.05, 0) is 51.3 Å². The summed E-state index contributed by atoms with van der Waals surface area (Å²) in [5, 5.41) is 0. The topological polar surface area (TPSA) is 42.4 Å². The molecule has 1 aliphatic rings. The van der Waals surface area contributed by atoms with Crippen LogP contribution in [0.15, 0.2) is 24.5 Å². The number of ether oxygens (including phenoxy) is 1. The van der Waals surface area contributed by atoms with Crippen molar-refractivity contribution >= 4 is 6.09 Å². The Labute approximate surface area is 108 Å². The zero-order valence-corrected chi connectivity index (χ0v) is 11.2. The average molecular weight is 248 g/mol. The van der Waals surface area contributed by atoms with Gasteiger partial charge in [-0.25, -0.2) is 4.79 Å². The highest BCUT2D eigenvalue weighted by atomic mass is 16.6. The Morgan fingerprint density at radius 3 is 2.61 bits per heavy atom. The van der Waals surface area contributed by atoms with Crippen LogP contribution >= 0.6 is 0 Å². The van der Waals surface area contributed by atoms with Gasteiger partial charge in [-0.1, -0.05) is 0 Å². The summed E-state index contributed by atoms with van der Waals surface area (Å²) in [5.41, 5.74) is 0.789. The quantitative estimate of drug-likeness (QED) is 0.808. The van der Waals surface area contributed by atoms with Crippen molar-refractivity contribution in [2.24, 2.45) is 0 Å². The van der Waals surface area contributed by atoms with E-state index in [1.807, 2.05) is 37.8 Å². The minimum atomic E-state index is -0.423. The number of carbonyl (C=O) groups is 1. The lowest BCUT2D eigenvalue weighted by atomic mass is 9.96. The summed E-state index contributed by atoms with van der Waals surface area (Å²) in [5.74, 6) is 0. The molecule has 0 radical (unpaired) electrons. The highest BCUT2D eigenvalue weighted by Crippen LogP contribution is 2.24. The van der Waals surface area contributed by atoms with Crippen LogP contribution in [-0.2, 0) is 11.2 Å². The SMILES string of the molecule is CC(C)(C)OC(=O)N1CCC1Cc1ccncc1. The normalized spacial score (nSPS) is 19.3. The van der Waals surface area contributed by atoms with Crippen molar-refractivity contribution in [3.63, 3.8) is 0 Å². The third kappa shape index (κ3) is 3.22. The van der Waals surface area contributed by atoms with Gasteiger partial charge in [0, 0.05) is 25.0 Å². The molecule has 18 heavy (non-hydrogen) atoms. The van der Waals surface area contributed by atoms with Gasteiger partial charge in [0.1, 0.15) is 5.60 Å². The standard InChI is InChI=1S/C14H20N2O2/c1-14(2,3)18-13(17)16-9-6-12(16)10-11-4-7-15-8-5-11/h4-5,7-8,12H,6,9-10H2,1-3H3. The molecule has 98 valence electrons. The molecule has 1 aromatic heterocycles. The molecular formula is C14H20N2O2. The molecule has 1 atom stereocenters. The molecule has 0 spiro atoms. The third-order valence-corrected chi connectivity index (χ3v) is 2.99. The van der Waals surface area contributed by atoms with Crippen molar-refractivity contribution in [3.05, 3.63) is 30.1 Å². The van der Waals surface area contributed by atoms with Gasteiger partial charge in [-0.15, -0.1) is 0 Å². The van der Waals surface area contributed by atoms with Gasteiger partial charge in [0.05, 0.1) is 0 Å². The minimum Gasteiger partial charge on any atom is -0.444 e. The van der Waals surface area contributed by atoms with Crippen LogP contribution in [0.4, 0.5) is 4.79 Å². The van der Waals surface area contributed by atoms with E-state index in [4.69, 9.17) is 4.74 Å². The van der Waals surface area contributed by atoms with E-state index in [1.165, 1.54) is 5.56 Å². The van der Waals surface area contributed by atoms with Gasteiger partial charge in [0.25, 0.3) is 0 Å². The predicted octanol–water partition coefficient (Wildman–Crippen LogP) is 2.63. The Balaban J connectivity index is 1.91. The molecule has 1 fully saturated rings. The van der Waals surface area contributed by atoms with Gasteiger partial charge >= 0.3 is 6.09 Å². The molecule has 2 rings (SSSR count). The molecule has 1 aromatic rings. The molecule has 1 unspecified atom stereocenters. The van der Waals surface area contributed by atoms with Crippen molar-refractivity contribution < 1.29 is 9.53 Å². The lowest BCUT2D eigenvalue weighted by Gasteiger charge is -2.41. The molecule has 4 nitrogen and oxygen atoms in total. The number of carbonyl (C=O) groups excluding carboxylic acids is 1. The summed E-state index contributed by atoms with van der Waals surface area (Å²) < 4.78 is 5.38. The number of hydrogen-bond acceptors (Lipinski definition) is 3. The maximum atomic E-state index is 11.9. The van der Waals surface area contributed by atoms with E-state index in [0.29, 0.717) is 0 Å². The van der Waals surface area contributed by atoms with Crippen molar-refractivity contribution in [1.29, 1.82) is 0 Å². The van der Waals surface area contributed by atoms with E-state index in [-0.39, 0.29) is 12.1 Å². The number of nitrogens with zero attached hydrogens (tertiary/aromatic N) is 2. The first-order chi connectivity index (χ1) is 8.46. The molecule has 1 amide bonds. The van der Waals surface area contributed by atoms with Crippen LogP contribution in [0.25, 0.3) is 0 Å². The predicted molar refractivity (Wildman–Crippen MR) is 69.3 cm³/mol. The maximum absolute atomic E-state index is 11.9. The first-order valence-corrected chi connectivity index (χ1v) is 6.34. The summed E-state index contributed by atoms with van der Waals surface area (Å²) in [6.45, 7) is 6.47. The fourth-order valence-electron chi connectivity index (χ4n) is 2.00. The fourth-order valence-corrected chi connectivity index (χ4v) is 2.00. The van der Waals surface area contributed by atoms with Crippen LogP contribution in [0, 0.1) is 0 Å². The Morgan fingerprint density at radius 1 is 1.44 bits per heavy atom. The molecular weight excluding hydrogens is 228 g/mol. The van der Waals surface area contributed by atoms with Gasteiger partial charge in [-0.3, -0.25) is 4.98 Å². The highest BCUT2D eigenvalue weighted by molar-refractivity contribution is 5.69. The van der Waals surface area contributed by atoms with Crippen LogP contribution in [0.5, 0.6) is 0 Å². The summed E-state index contributed by atoms with van der Waals surface area (Å²) in [4.78, 5) is 17.7. The van der Waals surface area contributed by atoms with Crippen LogP contribution in [0.1, 0.15) is 32.8 Å². The second kappa shape index (κ2) is 4.96. The molecule has 0 N–H and O–H groups in total. The zero-order chi connectivity index (χ0) is 13.2. The second-order valence-corrected chi connectivity index (χ2v) is 5.68. The fraction of sp³-hybridized carbons (Fsp3) is 0.571. The molecule has 0 aliphatic carbocycles. The molecule has 0 aromatic carbocycles. The average Bonchev–Trinajstić information content (AvgIpc) is 2.23. The van der Waals surface area contributed by atoms with Gasteiger partial charge in [0.15, 0.2) is 0 Å². The smallest absolute Gasteiger partial charge is 0.410 e. The van der Waals surface area contributed by atoms with Crippen LogP contribution in [0.2, 0.25) is 0 Å². The minimum absolute atomic E-state index is 0.201. The van der Waals surface area contributed by atoms with Crippen molar-refractivity contribution in [1.82, 2.24) is 9.88 Å². The largest absolute Gasteiger partial charge is 0.444 e. The van der Waals surface area contributed by atoms with Crippen LogP contribution in [-0.4, -0.2) is 34.2 Å². The number of hydrogen-bond donors (Lipinski definition) is 0. The number of likely N-dealkylation sites (tertiary alicyclic amines) is 1. The first kappa shape index (κ1) is 12.9. The number of rotatable bonds is 2. The monoisotopic (exact) mass is 248 g/mol. The number of pyridine rings is 1. The molecule has 2 heterocycles. The van der Waals surface area contributed by atoms with Crippen LogP contribution < -0.4 is 0 Å². The van der Waals surface area contributed by atoms with E-state index in [0.717, 1.165) is 19.4 Å². The van der Waals surface area contributed by atoms with Gasteiger partial charge < -0.3 is 9.64 Å². The summed E-state index contributed by atoms with van der Waals surface area (Å²) in [6.07, 6.45) is 5.29. The van der Waals surface area contributed by atoms with E-state index in [9.17, 15) is 4.79 Å². The first-order valence-electron chi connectivity index (χ1n) is 6.34. The second-order valence-electron chi connectivity index (χ2n) is 5.68. The van der Waals surface area contributed by atoms with Crippen molar-refractivity contribution in [3.8, 4) is 0 Å². The number of aromatic nitrogens is 1. The van der Waals surface area contributed by atoms with E-state index < -0.39 is 5.60 Å². The summed E-state index contributed by atoms with van der Waals surface area (Å²) in [7, 11) is 0. The van der Waals surface area contributed by atoms with Gasteiger partial charge in [0.2, 0.25) is 0 Å². The van der Waals surface area contributed by atoms with Crippen molar-refractivity contribution in [2.45, 2.75) is 45.3 Å². The highest BCUT2D eigenvalue weighted by Gasteiger charge is 2.34. The maximum Gasteiger partial charge on any atom is 0.410 e.